The van der Waals surface area contributed by atoms with Crippen LogP contribution in [0.1, 0.15) is 44.5 Å². The topological polar surface area (TPSA) is 115 Å². The van der Waals surface area contributed by atoms with Crippen LogP contribution in [0.3, 0.4) is 0 Å². The Kier molecular flexibility index (Phi) is 10.2. The molecule has 3 aromatic carbocycles. The summed E-state index contributed by atoms with van der Waals surface area (Å²) in [6.07, 6.45) is 4.16. The highest BCUT2D eigenvalue weighted by Gasteiger charge is 2.35. The van der Waals surface area contributed by atoms with Crippen molar-refractivity contribution in [1.29, 1.82) is 0 Å². The van der Waals surface area contributed by atoms with E-state index in [0.717, 1.165) is 43.0 Å². The summed E-state index contributed by atoms with van der Waals surface area (Å²) in [5, 5.41) is 14.3. The first-order valence-corrected chi connectivity index (χ1v) is 17.7. The molecule has 0 unspecified atom stereocenters. The number of aromatic hydroxyl groups is 1. The molecule has 2 aromatic heterocycles. The number of morpholine rings is 1. The van der Waals surface area contributed by atoms with E-state index in [1.165, 1.54) is 5.56 Å². The minimum Gasteiger partial charge on any atom is -0.508 e. The van der Waals surface area contributed by atoms with Gasteiger partial charge in [0.05, 0.1) is 36.2 Å². The Morgan fingerprint density at radius 3 is 2.36 bits per heavy atom. The summed E-state index contributed by atoms with van der Waals surface area (Å²) in [6, 6.07) is 20.4. The summed E-state index contributed by atoms with van der Waals surface area (Å²) < 4.78 is 21.0. The zero-order valence-corrected chi connectivity index (χ0v) is 30.8. The summed E-state index contributed by atoms with van der Waals surface area (Å²) in [5.41, 5.74) is 6.68. The molecule has 0 bridgehead atoms. The van der Waals surface area contributed by atoms with Gasteiger partial charge in [0.15, 0.2) is 11.5 Å². The van der Waals surface area contributed by atoms with E-state index in [1.807, 2.05) is 36.9 Å². The number of amides is 2. The van der Waals surface area contributed by atoms with Gasteiger partial charge in [-0.1, -0.05) is 24.3 Å². The van der Waals surface area contributed by atoms with Crippen LogP contribution in [-0.4, -0.2) is 86.8 Å². The van der Waals surface area contributed by atoms with Crippen LogP contribution in [0.15, 0.2) is 79.1 Å². The molecule has 1 atom stereocenters. The van der Waals surface area contributed by atoms with E-state index < -0.39 is 0 Å². The van der Waals surface area contributed by atoms with Crippen LogP contribution < -0.4 is 14.4 Å². The largest absolute Gasteiger partial charge is 0.508 e. The number of anilines is 2. The fourth-order valence-electron chi connectivity index (χ4n) is 7.68. The van der Waals surface area contributed by atoms with E-state index in [4.69, 9.17) is 14.2 Å². The number of aryl methyl sites for hydroxylation is 1. The lowest BCUT2D eigenvalue weighted by molar-refractivity contribution is 0.0193. The number of phenolic OH excluding ortho intramolecular Hbond substituents is 1. The van der Waals surface area contributed by atoms with Crippen LogP contribution >= 0.6 is 12.4 Å². The number of hydrogen-bond acceptors (Lipinski definition) is 8. The zero-order chi connectivity index (χ0) is 35.9. The van der Waals surface area contributed by atoms with Crippen molar-refractivity contribution in [2.24, 2.45) is 7.05 Å². The number of ether oxygens (including phenoxy) is 3. The zero-order valence-electron chi connectivity index (χ0n) is 30.0. The van der Waals surface area contributed by atoms with E-state index >= 15 is 4.79 Å². The van der Waals surface area contributed by atoms with Crippen molar-refractivity contribution in [2.75, 3.05) is 44.5 Å². The summed E-state index contributed by atoms with van der Waals surface area (Å²) in [4.78, 5) is 35.7. The fraction of sp³-hybridized carbons (Fsp3) is 0.325. The van der Waals surface area contributed by atoms with E-state index in [2.05, 4.69) is 32.8 Å². The first kappa shape index (κ1) is 36.1. The average molecular weight is 739 g/mol. The number of hydrogen-bond donors (Lipinski definition) is 1. The molecular weight excluding hydrogens is 696 g/mol. The maximum atomic E-state index is 15.1. The Labute approximate surface area is 314 Å². The number of aromatic nitrogens is 3. The molecule has 0 aliphatic carbocycles. The monoisotopic (exact) mass is 738 g/mol. The number of nitrogens with zero attached hydrogens (tertiary/aromatic N) is 6. The summed E-state index contributed by atoms with van der Waals surface area (Å²) >= 11 is 0. The molecule has 0 saturated carbocycles. The van der Waals surface area contributed by atoms with Gasteiger partial charge in [-0.15, -0.1) is 12.4 Å². The molecule has 8 rings (SSSR count). The lowest BCUT2D eigenvalue weighted by atomic mass is 9.92. The van der Waals surface area contributed by atoms with Crippen LogP contribution in [0.4, 0.5) is 11.4 Å². The van der Waals surface area contributed by atoms with Crippen molar-refractivity contribution in [3.8, 4) is 28.5 Å². The molecule has 3 aliphatic heterocycles. The van der Waals surface area contributed by atoms with Crippen molar-refractivity contribution < 1.29 is 28.9 Å². The van der Waals surface area contributed by atoms with E-state index in [9.17, 15) is 9.90 Å². The maximum absolute atomic E-state index is 15.1. The molecular formula is C40H43ClN6O6. The predicted molar refractivity (Wildman–Crippen MR) is 203 cm³/mol. The second-order valence-corrected chi connectivity index (χ2v) is 13.5. The quantitative estimate of drug-likeness (QED) is 0.208. The Balaban J connectivity index is 0.00000435. The van der Waals surface area contributed by atoms with Crippen molar-refractivity contribution in [2.45, 2.75) is 39.4 Å². The van der Waals surface area contributed by atoms with Crippen LogP contribution in [0.2, 0.25) is 0 Å². The Bertz CT molecular complexity index is 2140. The smallest absolute Gasteiger partial charge is 0.264 e. The van der Waals surface area contributed by atoms with E-state index in [0.29, 0.717) is 65.9 Å². The molecule has 1 N–H and O–H groups in total. The number of carbonyl (C=O) groups excluding carboxylic acids is 2. The van der Waals surface area contributed by atoms with Gasteiger partial charge in [0.1, 0.15) is 5.75 Å². The van der Waals surface area contributed by atoms with Gasteiger partial charge in [-0.25, -0.2) is 0 Å². The maximum Gasteiger partial charge on any atom is 0.264 e. The van der Waals surface area contributed by atoms with Crippen molar-refractivity contribution in [3.63, 3.8) is 0 Å². The Hall–Kier alpha value is -5.30. The van der Waals surface area contributed by atoms with E-state index in [-0.39, 0.29) is 42.8 Å². The van der Waals surface area contributed by atoms with Crippen LogP contribution in [-0.2, 0) is 31.3 Å². The molecule has 5 heterocycles. The Morgan fingerprint density at radius 1 is 0.943 bits per heavy atom. The molecule has 0 radical (unpaired) electrons. The molecule has 12 nitrogen and oxygen atoms in total. The summed E-state index contributed by atoms with van der Waals surface area (Å²) in [6.45, 7) is 8.82. The van der Waals surface area contributed by atoms with Gasteiger partial charge < -0.3 is 28.8 Å². The van der Waals surface area contributed by atoms with Crippen molar-refractivity contribution in [1.82, 2.24) is 24.1 Å². The molecule has 5 aromatic rings. The number of rotatable bonds is 8. The number of phenols is 1. The number of fused-ring (bicyclic) bond motifs is 2. The number of benzene rings is 3. The van der Waals surface area contributed by atoms with E-state index in [1.54, 1.807) is 59.4 Å². The highest BCUT2D eigenvalue weighted by atomic mass is 35.5. The van der Waals surface area contributed by atoms with Gasteiger partial charge in [0.2, 0.25) is 6.79 Å². The molecule has 2 amide bonds. The second-order valence-electron chi connectivity index (χ2n) is 13.5. The third-order valence-electron chi connectivity index (χ3n) is 10.4. The Morgan fingerprint density at radius 2 is 1.66 bits per heavy atom. The van der Waals surface area contributed by atoms with Gasteiger partial charge in [-0.3, -0.25) is 24.1 Å². The molecule has 53 heavy (non-hydrogen) atoms. The van der Waals surface area contributed by atoms with Gasteiger partial charge in [-0.05, 0) is 73.9 Å². The standard InChI is InChI=1S/C40H42N6O6.ClH/c1-4-44-26(2)33(40(49)46(31-21-41-42(3)23-31)29-9-11-32(47)12-10-29)18-36(44)34-19-37-38(52-25-51-37)20-35(34)39(48)45-22-28-8-6-5-7-27(28)17-30(45)24-43-13-15-50-16-14-43;/h5-12,18-21,23,30,47H,4,13-17,22,24-25H2,1-3H3;1H/t30-;/m0./s1. The number of halogens is 1. The van der Waals surface area contributed by atoms with Gasteiger partial charge in [0, 0.05) is 74.6 Å². The predicted octanol–water partition coefficient (Wildman–Crippen LogP) is 5.95. The second kappa shape index (κ2) is 15.0. The summed E-state index contributed by atoms with van der Waals surface area (Å²) in [7, 11) is 1.80. The molecule has 3 aliphatic rings. The number of carbonyl (C=O) groups is 2. The van der Waals surface area contributed by atoms with Crippen molar-refractivity contribution >= 4 is 35.6 Å². The fourth-order valence-corrected chi connectivity index (χ4v) is 7.68. The van der Waals surface area contributed by atoms with Crippen LogP contribution in [0, 0.1) is 6.92 Å². The SMILES string of the molecule is CCn1c(-c2cc3c(cc2C(=O)N2Cc4ccccc4C[C@H]2CN2CCOCC2)OCO3)cc(C(=O)N(c2ccc(O)cc2)c2cnn(C)c2)c1C.Cl. The first-order chi connectivity index (χ1) is 25.3. The molecule has 0 spiro atoms. The van der Waals surface area contributed by atoms with Crippen LogP contribution in [0.5, 0.6) is 17.2 Å². The molecule has 13 heteroatoms. The highest BCUT2D eigenvalue weighted by molar-refractivity contribution is 6.12. The van der Waals surface area contributed by atoms with Gasteiger partial charge in [-0.2, -0.15) is 5.10 Å². The third kappa shape index (κ3) is 6.85. The molecule has 276 valence electrons. The lowest BCUT2D eigenvalue weighted by Crippen LogP contribution is -2.52. The normalized spacial score (nSPS) is 16.6. The minimum absolute atomic E-state index is 0. The van der Waals surface area contributed by atoms with Crippen molar-refractivity contribution in [3.05, 3.63) is 107 Å². The summed E-state index contributed by atoms with van der Waals surface area (Å²) in [5.74, 6) is 0.804. The minimum atomic E-state index is -0.267. The first-order valence-electron chi connectivity index (χ1n) is 17.7. The lowest BCUT2D eigenvalue weighted by Gasteiger charge is -2.40. The highest BCUT2D eigenvalue weighted by Crippen LogP contribution is 2.42. The van der Waals surface area contributed by atoms with Gasteiger partial charge >= 0.3 is 0 Å². The average Bonchev–Trinajstić information content (AvgIpc) is 3.89. The molecule has 1 saturated heterocycles. The van der Waals surface area contributed by atoms with Crippen LogP contribution in [0.25, 0.3) is 11.3 Å². The van der Waals surface area contributed by atoms with Gasteiger partial charge in [0.25, 0.3) is 11.8 Å². The third-order valence-corrected chi connectivity index (χ3v) is 10.4. The molecule has 1 fully saturated rings.